The zero-order valence-corrected chi connectivity index (χ0v) is 13.1. The van der Waals surface area contributed by atoms with Crippen LogP contribution in [0.2, 0.25) is 0 Å². The van der Waals surface area contributed by atoms with Crippen LogP contribution >= 0.6 is 0 Å². The molecule has 1 aromatic rings. The monoisotopic (exact) mass is 281 g/mol. The first kappa shape index (κ1) is 16.8. The summed E-state index contributed by atoms with van der Waals surface area (Å²) in [4.78, 5) is 0. The summed E-state index contributed by atoms with van der Waals surface area (Å²) in [6, 6.07) is 7.74. The highest BCUT2D eigenvalue weighted by Gasteiger charge is 2.17. The zero-order chi connectivity index (χ0) is 14.8. The number of benzene rings is 1. The van der Waals surface area contributed by atoms with Crippen molar-refractivity contribution in [2.24, 2.45) is 5.41 Å². The second-order valence-corrected chi connectivity index (χ2v) is 5.58. The molecule has 1 aromatic carbocycles. The SMILES string of the molecule is COCCNCC(C)(C)CCOc1ccccc1OC. The normalized spacial score (nSPS) is 11.4. The van der Waals surface area contributed by atoms with E-state index in [4.69, 9.17) is 14.2 Å². The zero-order valence-electron chi connectivity index (χ0n) is 13.1. The molecule has 0 atom stereocenters. The lowest BCUT2D eigenvalue weighted by Gasteiger charge is -2.25. The van der Waals surface area contributed by atoms with Gasteiger partial charge >= 0.3 is 0 Å². The molecule has 0 heterocycles. The van der Waals surface area contributed by atoms with E-state index in [1.807, 2.05) is 24.3 Å². The minimum absolute atomic E-state index is 0.190. The van der Waals surface area contributed by atoms with Gasteiger partial charge in [-0.05, 0) is 24.0 Å². The maximum atomic E-state index is 5.81. The molecule has 0 aromatic heterocycles. The molecule has 0 fully saturated rings. The van der Waals surface area contributed by atoms with Crippen LogP contribution in [0.15, 0.2) is 24.3 Å². The van der Waals surface area contributed by atoms with Crippen LogP contribution in [0.5, 0.6) is 11.5 Å². The fraction of sp³-hybridized carbons (Fsp3) is 0.625. The lowest BCUT2D eigenvalue weighted by Crippen LogP contribution is -2.32. The number of rotatable bonds is 10. The molecule has 4 nitrogen and oxygen atoms in total. The third-order valence-corrected chi connectivity index (χ3v) is 3.19. The minimum atomic E-state index is 0.190. The Bertz CT molecular complexity index is 380. The summed E-state index contributed by atoms with van der Waals surface area (Å²) in [7, 11) is 3.37. The summed E-state index contributed by atoms with van der Waals surface area (Å²) < 4.78 is 16.1. The Hall–Kier alpha value is -1.26. The third kappa shape index (κ3) is 6.26. The third-order valence-electron chi connectivity index (χ3n) is 3.19. The Balaban J connectivity index is 2.31. The largest absolute Gasteiger partial charge is 0.493 e. The Kier molecular flexibility index (Phi) is 7.41. The van der Waals surface area contributed by atoms with Crippen LogP contribution in [-0.2, 0) is 4.74 Å². The highest BCUT2D eigenvalue weighted by molar-refractivity contribution is 5.39. The van der Waals surface area contributed by atoms with Crippen LogP contribution < -0.4 is 14.8 Å². The fourth-order valence-corrected chi connectivity index (χ4v) is 1.86. The number of hydrogen-bond donors (Lipinski definition) is 1. The topological polar surface area (TPSA) is 39.7 Å². The molecule has 0 unspecified atom stereocenters. The number of methoxy groups -OCH3 is 2. The van der Waals surface area contributed by atoms with Crippen molar-refractivity contribution >= 4 is 0 Å². The van der Waals surface area contributed by atoms with Gasteiger partial charge < -0.3 is 19.5 Å². The molecule has 0 aliphatic carbocycles. The summed E-state index contributed by atoms with van der Waals surface area (Å²) >= 11 is 0. The van der Waals surface area contributed by atoms with Gasteiger partial charge in [-0.15, -0.1) is 0 Å². The molecule has 0 radical (unpaired) electrons. The summed E-state index contributed by atoms with van der Waals surface area (Å²) in [5.41, 5.74) is 0.190. The summed E-state index contributed by atoms with van der Waals surface area (Å²) in [6.07, 6.45) is 0.977. The van der Waals surface area contributed by atoms with Crippen LogP contribution in [0.1, 0.15) is 20.3 Å². The van der Waals surface area contributed by atoms with E-state index >= 15 is 0 Å². The molecule has 0 spiro atoms. The van der Waals surface area contributed by atoms with E-state index in [1.54, 1.807) is 14.2 Å². The van der Waals surface area contributed by atoms with Crippen LogP contribution in [0, 0.1) is 5.41 Å². The van der Waals surface area contributed by atoms with Gasteiger partial charge in [0.1, 0.15) is 0 Å². The number of ether oxygens (including phenoxy) is 3. The molecule has 1 rings (SSSR count). The Morgan fingerprint density at radius 3 is 2.40 bits per heavy atom. The lowest BCUT2D eigenvalue weighted by molar-refractivity contribution is 0.185. The average Bonchev–Trinajstić information content (AvgIpc) is 2.44. The highest BCUT2D eigenvalue weighted by Crippen LogP contribution is 2.27. The van der Waals surface area contributed by atoms with Crippen molar-refractivity contribution < 1.29 is 14.2 Å². The van der Waals surface area contributed by atoms with Gasteiger partial charge in [0, 0.05) is 20.2 Å². The van der Waals surface area contributed by atoms with Crippen LogP contribution in [0.3, 0.4) is 0 Å². The van der Waals surface area contributed by atoms with Crippen molar-refractivity contribution in [1.29, 1.82) is 0 Å². The minimum Gasteiger partial charge on any atom is -0.493 e. The number of nitrogens with one attached hydrogen (secondary N) is 1. The summed E-state index contributed by atoms with van der Waals surface area (Å²) in [6.45, 7) is 7.73. The van der Waals surface area contributed by atoms with Crippen molar-refractivity contribution in [3.63, 3.8) is 0 Å². The quantitative estimate of drug-likeness (QED) is 0.669. The Morgan fingerprint density at radius 2 is 1.75 bits per heavy atom. The van der Waals surface area contributed by atoms with Crippen LogP contribution in [-0.4, -0.2) is 40.5 Å². The molecule has 114 valence electrons. The van der Waals surface area contributed by atoms with E-state index in [0.29, 0.717) is 6.61 Å². The van der Waals surface area contributed by atoms with Crippen LogP contribution in [0.25, 0.3) is 0 Å². The predicted octanol–water partition coefficient (Wildman–Crippen LogP) is 2.73. The van der Waals surface area contributed by atoms with E-state index in [9.17, 15) is 0 Å². The van der Waals surface area contributed by atoms with Crippen molar-refractivity contribution in [1.82, 2.24) is 5.32 Å². The van der Waals surface area contributed by atoms with Gasteiger partial charge in [-0.1, -0.05) is 26.0 Å². The standard InChI is InChI=1S/C16H27NO3/c1-16(2,13-17-10-12-18-3)9-11-20-15-8-6-5-7-14(15)19-4/h5-8,17H,9-13H2,1-4H3. The molecular formula is C16H27NO3. The van der Waals surface area contributed by atoms with E-state index in [1.165, 1.54) is 0 Å². The van der Waals surface area contributed by atoms with E-state index in [0.717, 1.165) is 37.6 Å². The second kappa shape index (κ2) is 8.82. The molecule has 0 saturated carbocycles. The lowest BCUT2D eigenvalue weighted by atomic mass is 9.90. The fourth-order valence-electron chi connectivity index (χ4n) is 1.86. The Labute approximate surface area is 122 Å². The van der Waals surface area contributed by atoms with Gasteiger partial charge in [0.05, 0.1) is 20.3 Å². The van der Waals surface area contributed by atoms with Gasteiger partial charge in [0.25, 0.3) is 0 Å². The first-order valence-corrected chi connectivity index (χ1v) is 7.04. The van der Waals surface area contributed by atoms with Crippen molar-refractivity contribution in [2.45, 2.75) is 20.3 Å². The number of hydrogen-bond acceptors (Lipinski definition) is 4. The molecule has 0 aliphatic rings. The number of para-hydroxylation sites is 2. The summed E-state index contributed by atoms with van der Waals surface area (Å²) in [5.74, 6) is 1.58. The van der Waals surface area contributed by atoms with E-state index in [-0.39, 0.29) is 5.41 Å². The molecule has 0 amide bonds. The van der Waals surface area contributed by atoms with E-state index in [2.05, 4.69) is 19.2 Å². The van der Waals surface area contributed by atoms with Crippen molar-refractivity contribution in [2.75, 3.05) is 40.5 Å². The molecule has 0 aliphatic heterocycles. The second-order valence-electron chi connectivity index (χ2n) is 5.58. The summed E-state index contributed by atoms with van der Waals surface area (Å²) in [5, 5.41) is 3.39. The predicted molar refractivity (Wildman–Crippen MR) is 81.6 cm³/mol. The molecule has 0 saturated heterocycles. The molecular weight excluding hydrogens is 254 g/mol. The van der Waals surface area contributed by atoms with Crippen molar-refractivity contribution in [3.8, 4) is 11.5 Å². The first-order valence-electron chi connectivity index (χ1n) is 7.04. The molecule has 20 heavy (non-hydrogen) atoms. The van der Waals surface area contributed by atoms with Gasteiger partial charge in [-0.2, -0.15) is 0 Å². The highest BCUT2D eigenvalue weighted by atomic mass is 16.5. The van der Waals surface area contributed by atoms with Gasteiger partial charge in [-0.25, -0.2) is 0 Å². The Morgan fingerprint density at radius 1 is 1.05 bits per heavy atom. The van der Waals surface area contributed by atoms with Crippen LogP contribution in [0.4, 0.5) is 0 Å². The molecule has 1 N–H and O–H groups in total. The smallest absolute Gasteiger partial charge is 0.161 e. The van der Waals surface area contributed by atoms with Crippen molar-refractivity contribution in [3.05, 3.63) is 24.3 Å². The average molecular weight is 281 g/mol. The van der Waals surface area contributed by atoms with E-state index < -0.39 is 0 Å². The molecule has 4 heteroatoms. The first-order chi connectivity index (χ1) is 9.59. The van der Waals surface area contributed by atoms with Gasteiger partial charge in [0.2, 0.25) is 0 Å². The molecule has 0 bridgehead atoms. The maximum absolute atomic E-state index is 5.81. The maximum Gasteiger partial charge on any atom is 0.161 e. The van der Waals surface area contributed by atoms with Gasteiger partial charge in [0.15, 0.2) is 11.5 Å². The van der Waals surface area contributed by atoms with Gasteiger partial charge in [-0.3, -0.25) is 0 Å².